The van der Waals surface area contributed by atoms with Crippen LogP contribution in [-0.2, 0) is 14.4 Å². The number of carbonyl (C=O) groups is 3. The number of rotatable bonds is 1. The number of nitrogens with one attached hydrogen (secondary N) is 1. The Bertz CT molecular complexity index is 364. The number of likely N-dealkylation sites (tertiary alicyclic amines) is 1. The van der Waals surface area contributed by atoms with Crippen molar-refractivity contribution in [3.63, 3.8) is 0 Å². The fourth-order valence-corrected chi connectivity index (χ4v) is 2.44. The van der Waals surface area contributed by atoms with Crippen LogP contribution in [0.3, 0.4) is 0 Å². The largest absolute Gasteiger partial charge is 0.339 e. The van der Waals surface area contributed by atoms with Gasteiger partial charge in [-0.3, -0.25) is 19.7 Å². The van der Waals surface area contributed by atoms with Crippen molar-refractivity contribution < 1.29 is 14.4 Å². The van der Waals surface area contributed by atoms with Crippen LogP contribution in [0.25, 0.3) is 0 Å². The van der Waals surface area contributed by atoms with E-state index in [0.717, 1.165) is 0 Å². The van der Waals surface area contributed by atoms with Gasteiger partial charge in [-0.15, -0.1) is 0 Å². The van der Waals surface area contributed by atoms with Crippen LogP contribution in [0.4, 0.5) is 0 Å². The van der Waals surface area contributed by atoms with Gasteiger partial charge in [-0.25, -0.2) is 0 Å². The van der Waals surface area contributed by atoms with Crippen molar-refractivity contribution in [3.05, 3.63) is 0 Å². The summed E-state index contributed by atoms with van der Waals surface area (Å²) in [4.78, 5) is 36.4. The van der Waals surface area contributed by atoms with Crippen LogP contribution < -0.4 is 5.32 Å². The molecule has 3 amide bonds. The number of imide groups is 1. The van der Waals surface area contributed by atoms with E-state index in [1.54, 1.807) is 4.90 Å². The van der Waals surface area contributed by atoms with E-state index in [1.165, 1.54) is 0 Å². The topological polar surface area (TPSA) is 66.5 Å². The van der Waals surface area contributed by atoms with Gasteiger partial charge in [0.05, 0.1) is 5.41 Å². The van der Waals surface area contributed by atoms with Gasteiger partial charge in [0, 0.05) is 25.4 Å². The Morgan fingerprint density at radius 3 is 2.50 bits per heavy atom. The molecule has 1 atom stereocenters. The van der Waals surface area contributed by atoms with Crippen LogP contribution in [0, 0.1) is 5.41 Å². The van der Waals surface area contributed by atoms with Gasteiger partial charge in [0.2, 0.25) is 17.7 Å². The molecule has 1 spiro atoms. The molecule has 5 nitrogen and oxygen atoms in total. The van der Waals surface area contributed by atoms with E-state index in [2.05, 4.69) is 5.32 Å². The average Bonchev–Trinajstić information content (AvgIpc) is 2.52. The summed E-state index contributed by atoms with van der Waals surface area (Å²) in [6, 6.07) is 0.109. The van der Waals surface area contributed by atoms with Crippen molar-refractivity contribution in [1.82, 2.24) is 10.2 Å². The minimum atomic E-state index is -0.657. The van der Waals surface area contributed by atoms with E-state index >= 15 is 0 Å². The Labute approximate surface area is 94.2 Å². The summed E-state index contributed by atoms with van der Waals surface area (Å²) in [6.07, 6.45) is 1.07. The maximum absolute atomic E-state index is 11.8. The van der Waals surface area contributed by atoms with Gasteiger partial charge in [-0.1, -0.05) is 0 Å². The zero-order valence-corrected chi connectivity index (χ0v) is 9.58. The number of piperidine rings is 1. The van der Waals surface area contributed by atoms with Gasteiger partial charge in [-0.05, 0) is 20.3 Å². The predicted molar refractivity (Wildman–Crippen MR) is 56.3 cm³/mol. The van der Waals surface area contributed by atoms with E-state index < -0.39 is 5.41 Å². The molecule has 2 aliphatic rings. The second kappa shape index (κ2) is 3.57. The molecule has 2 saturated heterocycles. The highest BCUT2D eigenvalue weighted by molar-refractivity contribution is 6.03. The van der Waals surface area contributed by atoms with Crippen LogP contribution in [0.15, 0.2) is 0 Å². The zero-order chi connectivity index (χ0) is 11.9. The maximum Gasteiger partial charge on any atom is 0.235 e. The summed E-state index contributed by atoms with van der Waals surface area (Å²) in [5, 5.41) is 2.34. The summed E-state index contributed by atoms with van der Waals surface area (Å²) in [5.74, 6) is -0.495. The second-order valence-corrected chi connectivity index (χ2v) is 4.95. The molecule has 2 rings (SSSR count). The van der Waals surface area contributed by atoms with Crippen LogP contribution in [0.1, 0.15) is 33.1 Å². The molecule has 88 valence electrons. The molecule has 2 fully saturated rings. The van der Waals surface area contributed by atoms with E-state index in [4.69, 9.17) is 0 Å². The van der Waals surface area contributed by atoms with Crippen LogP contribution in [0.2, 0.25) is 0 Å². The monoisotopic (exact) mass is 224 g/mol. The maximum atomic E-state index is 11.8. The number of nitrogens with zero attached hydrogens (tertiary/aromatic N) is 1. The van der Waals surface area contributed by atoms with Gasteiger partial charge < -0.3 is 4.90 Å². The van der Waals surface area contributed by atoms with Crippen LogP contribution in [0.5, 0.6) is 0 Å². The average molecular weight is 224 g/mol. The lowest BCUT2D eigenvalue weighted by molar-refractivity contribution is -0.142. The van der Waals surface area contributed by atoms with E-state index in [0.29, 0.717) is 19.4 Å². The minimum absolute atomic E-state index is 0.0134. The molecule has 16 heavy (non-hydrogen) atoms. The Hall–Kier alpha value is -1.39. The first-order valence-corrected chi connectivity index (χ1v) is 5.58. The third-order valence-corrected chi connectivity index (χ3v) is 3.47. The second-order valence-electron chi connectivity index (χ2n) is 4.95. The van der Waals surface area contributed by atoms with Crippen molar-refractivity contribution >= 4 is 17.7 Å². The highest BCUT2D eigenvalue weighted by atomic mass is 16.2. The molecule has 0 bridgehead atoms. The number of amides is 3. The van der Waals surface area contributed by atoms with Gasteiger partial charge >= 0.3 is 0 Å². The summed E-state index contributed by atoms with van der Waals surface area (Å²) in [6.45, 7) is 4.31. The number of carbonyl (C=O) groups excluding carboxylic acids is 3. The quantitative estimate of drug-likeness (QED) is 0.640. The molecule has 1 unspecified atom stereocenters. The lowest BCUT2D eigenvalue weighted by Crippen LogP contribution is -2.50. The Balaban J connectivity index is 2.19. The SMILES string of the molecule is CC(C)N1CC2(CCC(=O)NC2=O)CC1=O. The first-order valence-electron chi connectivity index (χ1n) is 5.58. The molecular weight excluding hydrogens is 208 g/mol. The molecule has 0 aromatic carbocycles. The smallest absolute Gasteiger partial charge is 0.235 e. The van der Waals surface area contributed by atoms with E-state index in [-0.39, 0.29) is 30.2 Å². The molecule has 0 aromatic rings. The molecular formula is C11H16N2O3. The van der Waals surface area contributed by atoms with Crippen molar-refractivity contribution in [2.75, 3.05) is 6.54 Å². The number of hydrogen-bond donors (Lipinski definition) is 1. The van der Waals surface area contributed by atoms with Crippen LogP contribution in [-0.4, -0.2) is 35.2 Å². The fraction of sp³-hybridized carbons (Fsp3) is 0.727. The normalized spacial score (nSPS) is 30.4. The minimum Gasteiger partial charge on any atom is -0.339 e. The van der Waals surface area contributed by atoms with Crippen LogP contribution >= 0.6 is 0 Å². The Morgan fingerprint density at radius 2 is 2.00 bits per heavy atom. The molecule has 2 heterocycles. The first-order chi connectivity index (χ1) is 7.44. The first kappa shape index (κ1) is 11.1. The molecule has 1 N–H and O–H groups in total. The van der Waals surface area contributed by atoms with Crippen molar-refractivity contribution in [2.24, 2.45) is 5.41 Å². The zero-order valence-electron chi connectivity index (χ0n) is 9.58. The molecule has 5 heteroatoms. The van der Waals surface area contributed by atoms with Gasteiger partial charge in [0.1, 0.15) is 0 Å². The predicted octanol–water partition coefficient (Wildman–Crippen LogP) is 0.0501. The van der Waals surface area contributed by atoms with E-state index in [1.807, 2.05) is 13.8 Å². The summed E-state index contributed by atoms with van der Waals surface area (Å²) >= 11 is 0. The van der Waals surface area contributed by atoms with Gasteiger partial charge in [-0.2, -0.15) is 0 Å². The van der Waals surface area contributed by atoms with Crippen molar-refractivity contribution in [3.8, 4) is 0 Å². The highest BCUT2D eigenvalue weighted by Gasteiger charge is 2.51. The standard InChI is InChI=1S/C11H16N2O3/c1-7(2)13-6-11(5-9(13)15)4-3-8(14)12-10(11)16/h7H,3-6H2,1-2H3,(H,12,14,16). The van der Waals surface area contributed by atoms with Crippen molar-refractivity contribution in [1.29, 1.82) is 0 Å². The lowest BCUT2D eigenvalue weighted by Gasteiger charge is -2.31. The third-order valence-electron chi connectivity index (χ3n) is 3.47. The molecule has 0 aromatic heterocycles. The Morgan fingerprint density at radius 1 is 1.31 bits per heavy atom. The van der Waals surface area contributed by atoms with Crippen molar-refractivity contribution in [2.45, 2.75) is 39.2 Å². The molecule has 0 saturated carbocycles. The number of hydrogen-bond acceptors (Lipinski definition) is 3. The highest BCUT2D eigenvalue weighted by Crippen LogP contribution is 2.38. The van der Waals surface area contributed by atoms with Gasteiger partial charge in [0.15, 0.2) is 0 Å². The molecule has 0 aliphatic carbocycles. The fourth-order valence-electron chi connectivity index (χ4n) is 2.44. The summed E-state index contributed by atoms with van der Waals surface area (Å²) in [5.41, 5.74) is -0.657. The van der Waals surface area contributed by atoms with Gasteiger partial charge in [0.25, 0.3) is 0 Å². The summed E-state index contributed by atoms with van der Waals surface area (Å²) in [7, 11) is 0. The molecule has 2 aliphatic heterocycles. The van der Waals surface area contributed by atoms with E-state index in [9.17, 15) is 14.4 Å². The summed E-state index contributed by atoms with van der Waals surface area (Å²) < 4.78 is 0. The Kier molecular flexibility index (Phi) is 2.48. The third kappa shape index (κ3) is 1.60. The lowest BCUT2D eigenvalue weighted by atomic mass is 9.79. The molecule has 0 radical (unpaired) electrons.